The van der Waals surface area contributed by atoms with E-state index < -0.39 is 12.1 Å². The lowest BCUT2D eigenvalue weighted by molar-refractivity contribution is -0.157. The molecule has 4 N–H and O–H groups in total. The van der Waals surface area contributed by atoms with Crippen LogP contribution >= 0.6 is 0 Å². The molecule has 4 rings (SSSR count). The zero-order valence-electron chi connectivity index (χ0n) is 14.9. The van der Waals surface area contributed by atoms with Gasteiger partial charge in [-0.05, 0) is 31.7 Å². The Labute approximate surface area is 152 Å². The summed E-state index contributed by atoms with van der Waals surface area (Å²) in [5, 5.41) is 16.1. The van der Waals surface area contributed by atoms with Crippen molar-refractivity contribution in [3.63, 3.8) is 0 Å². The third-order valence-electron chi connectivity index (χ3n) is 6.10. The molecule has 0 aromatic carbocycles. The lowest BCUT2D eigenvalue weighted by atomic mass is 9.72. The summed E-state index contributed by atoms with van der Waals surface area (Å²) in [5.41, 5.74) is 0.860. The summed E-state index contributed by atoms with van der Waals surface area (Å²) in [6.45, 7) is 1.54. The predicted molar refractivity (Wildman–Crippen MR) is 94.0 cm³/mol. The summed E-state index contributed by atoms with van der Waals surface area (Å²) >= 11 is 0. The fourth-order valence-corrected chi connectivity index (χ4v) is 4.96. The second-order valence-corrected chi connectivity index (χ2v) is 7.79. The van der Waals surface area contributed by atoms with E-state index in [4.69, 9.17) is 0 Å². The zero-order valence-corrected chi connectivity index (χ0v) is 14.9. The summed E-state index contributed by atoms with van der Waals surface area (Å²) in [6.07, 6.45) is 7.17. The van der Waals surface area contributed by atoms with Gasteiger partial charge in [0.1, 0.15) is 6.04 Å². The van der Waals surface area contributed by atoms with Crippen molar-refractivity contribution in [3.8, 4) is 0 Å². The van der Waals surface area contributed by atoms with Crippen molar-refractivity contribution < 1.29 is 14.7 Å². The van der Waals surface area contributed by atoms with E-state index in [1.807, 2.05) is 4.90 Å². The normalized spacial score (nSPS) is 32.0. The molecule has 26 heavy (non-hydrogen) atoms. The van der Waals surface area contributed by atoms with E-state index in [0.717, 1.165) is 38.0 Å². The maximum atomic E-state index is 13.1. The molecule has 3 fully saturated rings. The first kappa shape index (κ1) is 17.5. The number of H-pyrrole nitrogens is 1. The number of carbonyl (C=O) groups excluding carboxylic acids is 2. The van der Waals surface area contributed by atoms with Crippen molar-refractivity contribution in [1.29, 1.82) is 0 Å². The number of rotatable bonds is 5. The smallest absolute Gasteiger partial charge is 0.243 e. The highest BCUT2D eigenvalue weighted by atomic mass is 16.3. The summed E-state index contributed by atoms with van der Waals surface area (Å²) in [4.78, 5) is 34.6. The van der Waals surface area contributed by atoms with Crippen LogP contribution in [0, 0.1) is 11.8 Å². The Bertz CT molecular complexity index is 649. The van der Waals surface area contributed by atoms with Crippen molar-refractivity contribution in [2.45, 2.75) is 50.2 Å². The molecule has 0 saturated carbocycles. The van der Waals surface area contributed by atoms with Crippen molar-refractivity contribution in [2.75, 3.05) is 19.7 Å². The number of aliphatic hydroxyl groups is 1. The summed E-state index contributed by atoms with van der Waals surface area (Å²) in [5.74, 6) is 0.544. The first-order valence-corrected chi connectivity index (χ1v) is 9.57. The number of hydrogen-bond acceptors (Lipinski definition) is 5. The van der Waals surface area contributed by atoms with Gasteiger partial charge in [0.15, 0.2) is 0 Å². The Balaban J connectivity index is 1.51. The van der Waals surface area contributed by atoms with Crippen LogP contribution in [0.5, 0.6) is 0 Å². The van der Waals surface area contributed by atoms with E-state index in [2.05, 4.69) is 20.6 Å². The lowest BCUT2D eigenvalue weighted by Crippen LogP contribution is -2.68. The number of nitrogens with zero attached hydrogens (tertiary/aromatic N) is 2. The Morgan fingerprint density at radius 3 is 3.04 bits per heavy atom. The Hall–Kier alpha value is -1.93. The van der Waals surface area contributed by atoms with E-state index in [9.17, 15) is 14.7 Å². The molecule has 1 aromatic heterocycles. The van der Waals surface area contributed by atoms with Gasteiger partial charge in [-0.25, -0.2) is 4.98 Å². The largest absolute Gasteiger partial charge is 0.394 e. The number of aromatic amines is 1. The monoisotopic (exact) mass is 361 g/mol. The Morgan fingerprint density at radius 2 is 2.27 bits per heavy atom. The molecule has 2 amide bonds. The van der Waals surface area contributed by atoms with Gasteiger partial charge in [0.2, 0.25) is 11.8 Å². The van der Waals surface area contributed by atoms with Crippen LogP contribution in [0.25, 0.3) is 0 Å². The molecule has 8 nitrogen and oxygen atoms in total. The first-order valence-electron chi connectivity index (χ1n) is 9.57. The van der Waals surface area contributed by atoms with Crippen LogP contribution in [-0.2, 0) is 16.0 Å². The van der Waals surface area contributed by atoms with Crippen molar-refractivity contribution in [1.82, 2.24) is 25.5 Å². The predicted octanol–water partition coefficient (Wildman–Crippen LogP) is -0.582. The fourth-order valence-electron chi connectivity index (χ4n) is 4.96. The van der Waals surface area contributed by atoms with Gasteiger partial charge < -0.3 is 25.6 Å². The van der Waals surface area contributed by atoms with Crippen molar-refractivity contribution >= 4 is 11.8 Å². The Kier molecular flexibility index (Phi) is 4.95. The second-order valence-electron chi connectivity index (χ2n) is 7.79. The molecular formula is C18H27N5O3. The number of piperidine rings is 3. The fraction of sp³-hybridized carbons (Fsp3) is 0.722. The van der Waals surface area contributed by atoms with Crippen molar-refractivity contribution in [2.24, 2.45) is 11.8 Å². The maximum absolute atomic E-state index is 13.1. The summed E-state index contributed by atoms with van der Waals surface area (Å²) in [7, 11) is 0. The van der Waals surface area contributed by atoms with Gasteiger partial charge in [-0.2, -0.15) is 0 Å². The molecule has 8 heteroatoms. The number of carbonyl (C=O) groups is 2. The number of amides is 2. The van der Waals surface area contributed by atoms with Crippen LogP contribution in [0.4, 0.5) is 0 Å². The maximum Gasteiger partial charge on any atom is 0.243 e. The van der Waals surface area contributed by atoms with E-state index in [0.29, 0.717) is 18.8 Å². The average Bonchev–Trinajstić information content (AvgIpc) is 3.15. The van der Waals surface area contributed by atoms with Gasteiger partial charge in [-0.3, -0.25) is 9.59 Å². The minimum atomic E-state index is -0.437. The topological polar surface area (TPSA) is 110 Å². The van der Waals surface area contributed by atoms with Crippen molar-refractivity contribution in [3.05, 3.63) is 18.2 Å². The zero-order chi connectivity index (χ0) is 18.1. The average molecular weight is 361 g/mol. The number of imidazole rings is 1. The van der Waals surface area contributed by atoms with Gasteiger partial charge in [-0.15, -0.1) is 0 Å². The van der Waals surface area contributed by atoms with E-state index in [-0.39, 0.29) is 30.4 Å². The highest BCUT2D eigenvalue weighted by molar-refractivity contribution is 5.89. The molecule has 2 bridgehead atoms. The molecule has 5 atom stereocenters. The Morgan fingerprint density at radius 1 is 1.42 bits per heavy atom. The van der Waals surface area contributed by atoms with Gasteiger partial charge in [0.25, 0.3) is 0 Å². The molecule has 4 heterocycles. The summed E-state index contributed by atoms with van der Waals surface area (Å²) < 4.78 is 0. The first-order chi connectivity index (χ1) is 12.7. The molecule has 0 aliphatic carbocycles. The minimum absolute atomic E-state index is 0.104. The highest BCUT2D eigenvalue weighted by Crippen LogP contribution is 2.39. The van der Waals surface area contributed by atoms with Gasteiger partial charge in [-0.1, -0.05) is 0 Å². The SMILES string of the molecule is O=C(N[C@H](CO)Cc1cnc[nH]1)[C@H]1[C@@H]2CNC[C@@H](C2)[C@@H]2CCCC(=O)N21. The number of fused-ring (bicyclic) bond motifs is 4. The molecule has 3 saturated heterocycles. The van der Waals surface area contributed by atoms with E-state index >= 15 is 0 Å². The molecular weight excluding hydrogens is 334 g/mol. The quantitative estimate of drug-likeness (QED) is 0.561. The standard InChI is InChI=1S/C18H27N5O3/c24-9-14(5-13-8-20-10-21-13)22-18(26)17-12-4-11(6-19-7-12)15-2-1-3-16(25)23(15)17/h8,10-12,14-15,17,19,24H,1-7,9H2,(H,20,21)(H,22,26)/t11-,12+,14+,15+,17-/m1/s1. The lowest BCUT2D eigenvalue weighted by Gasteiger charge is -2.54. The van der Waals surface area contributed by atoms with Gasteiger partial charge >= 0.3 is 0 Å². The van der Waals surface area contributed by atoms with Gasteiger partial charge in [0.05, 0.1) is 19.0 Å². The highest BCUT2D eigenvalue weighted by Gasteiger charge is 2.50. The van der Waals surface area contributed by atoms with Crippen LogP contribution in [0.2, 0.25) is 0 Å². The van der Waals surface area contributed by atoms with E-state index in [1.165, 1.54) is 0 Å². The number of aromatic nitrogens is 2. The third-order valence-corrected chi connectivity index (χ3v) is 6.10. The molecule has 142 valence electrons. The van der Waals surface area contributed by atoms with Crippen LogP contribution in [0.15, 0.2) is 12.5 Å². The number of nitrogens with one attached hydrogen (secondary N) is 3. The van der Waals surface area contributed by atoms with E-state index in [1.54, 1.807) is 12.5 Å². The molecule has 1 aromatic rings. The van der Waals surface area contributed by atoms with Crippen LogP contribution < -0.4 is 10.6 Å². The van der Waals surface area contributed by atoms with Crippen LogP contribution in [0.1, 0.15) is 31.4 Å². The molecule has 0 radical (unpaired) electrons. The minimum Gasteiger partial charge on any atom is -0.394 e. The third kappa shape index (κ3) is 3.23. The molecule has 0 spiro atoms. The van der Waals surface area contributed by atoms with Gasteiger partial charge in [0, 0.05) is 43.2 Å². The number of hydrogen-bond donors (Lipinski definition) is 4. The molecule has 3 aliphatic heterocycles. The number of aliphatic hydroxyl groups excluding tert-OH is 1. The van der Waals surface area contributed by atoms with Crippen LogP contribution in [0.3, 0.4) is 0 Å². The second kappa shape index (κ2) is 7.36. The summed E-state index contributed by atoms with van der Waals surface area (Å²) in [6, 6.07) is -0.667. The van der Waals surface area contributed by atoms with Crippen LogP contribution in [-0.4, -0.2) is 69.6 Å². The molecule has 3 aliphatic rings. The molecule has 0 unspecified atom stereocenters.